The van der Waals surface area contributed by atoms with Gasteiger partial charge in [-0.05, 0) is 41.3 Å². The molecule has 0 bridgehead atoms. The molecule has 2 aromatic carbocycles. The van der Waals surface area contributed by atoms with E-state index in [4.69, 9.17) is 14.5 Å². The van der Waals surface area contributed by atoms with Crippen LogP contribution < -0.4 is 14.8 Å². The topological polar surface area (TPSA) is 74.1 Å². The molecule has 0 radical (unpaired) electrons. The number of halogens is 1. The maximum Gasteiger partial charge on any atom is 0.237 e. The summed E-state index contributed by atoms with van der Waals surface area (Å²) >= 11 is 1.66. The third-order valence-electron chi connectivity index (χ3n) is 5.13. The Kier molecular flexibility index (Phi) is 5.38. The van der Waals surface area contributed by atoms with Crippen molar-refractivity contribution in [3.8, 4) is 27.9 Å². The molecule has 32 heavy (non-hydrogen) atoms. The maximum atomic E-state index is 5.50. The molecule has 7 nitrogen and oxygen atoms in total. The van der Waals surface area contributed by atoms with Crippen LogP contribution in [0.4, 0.5) is 5.82 Å². The molecule has 4 heterocycles. The minimum absolute atomic E-state index is 0. The zero-order valence-corrected chi connectivity index (χ0v) is 18.4. The monoisotopic (exact) mass is 463 g/mol. The van der Waals surface area contributed by atoms with Gasteiger partial charge in [-0.25, -0.2) is 9.97 Å². The van der Waals surface area contributed by atoms with Crippen molar-refractivity contribution in [2.45, 2.75) is 6.54 Å². The van der Waals surface area contributed by atoms with Gasteiger partial charge in [0.2, 0.25) is 12.7 Å². The van der Waals surface area contributed by atoms with Gasteiger partial charge >= 0.3 is 0 Å². The minimum Gasteiger partial charge on any atom is -0.454 e. The zero-order valence-electron chi connectivity index (χ0n) is 16.8. The van der Waals surface area contributed by atoms with Crippen LogP contribution >= 0.6 is 23.7 Å². The number of rotatable bonds is 5. The summed E-state index contributed by atoms with van der Waals surface area (Å²) < 4.78 is 12.8. The quantitative estimate of drug-likeness (QED) is 0.381. The number of aromatic nitrogens is 4. The van der Waals surface area contributed by atoms with E-state index in [-0.39, 0.29) is 19.2 Å². The molecule has 0 aliphatic carbocycles. The van der Waals surface area contributed by atoms with E-state index in [2.05, 4.69) is 21.4 Å². The van der Waals surface area contributed by atoms with Crippen molar-refractivity contribution < 1.29 is 9.47 Å². The number of hydrogen-bond donors (Lipinski definition) is 1. The number of thiophene rings is 1. The standard InChI is InChI=1S/C23H17N5O2S.ClH/c1-2-5-18-17(4-1)26-13-28(18)23-25-12-16(21-6-3-9-31-21)22(27-23)24-11-15-7-8-19-20(10-15)30-14-29-19;/h1-10,12-13H,11,14H2,(H,24,25,27);1H. The Labute approximate surface area is 194 Å². The van der Waals surface area contributed by atoms with Crippen LogP contribution in [0.3, 0.4) is 0 Å². The van der Waals surface area contributed by atoms with E-state index in [0.717, 1.165) is 44.4 Å². The van der Waals surface area contributed by atoms with E-state index in [1.165, 1.54) is 0 Å². The van der Waals surface area contributed by atoms with Crippen LogP contribution in [0.1, 0.15) is 5.56 Å². The summed E-state index contributed by atoms with van der Waals surface area (Å²) in [5, 5.41) is 5.53. The van der Waals surface area contributed by atoms with Crippen LogP contribution in [0.25, 0.3) is 27.4 Å². The lowest BCUT2D eigenvalue weighted by Crippen LogP contribution is -2.07. The number of para-hydroxylation sites is 2. The molecule has 0 spiro atoms. The first-order valence-electron chi connectivity index (χ1n) is 9.81. The fraction of sp³-hybridized carbons (Fsp3) is 0.0870. The van der Waals surface area contributed by atoms with E-state index >= 15 is 0 Å². The highest BCUT2D eigenvalue weighted by Crippen LogP contribution is 2.34. The molecule has 5 aromatic rings. The second-order valence-electron chi connectivity index (χ2n) is 7.05. The highest BCUT2D eigenvalue weighted by Gasteiger charge is 2.15. The molecule has 0 saturated heterocycles. The van der Waals surface area contributed by atoms with Crippen LogP contribution in [-0.2, 0) is 6.54 Å². The molecule has 0 saturated carbocycles. The van der Waals surface area contributed by atoms with Crippen molar-refractivity contribution in [3.05, 3.63) is 78.1 Å². The lowest BCUT2D eigenvalue weighted by atomic mass is 10.2. The molecule has 0 fully saturated rings. The van der Waals surface area contributed by atoms with E-state index in [9.17, 15) is 0 Å². The zero-order chi connectivity index (χ0) is 20.6. The third kappa shape index (κ3) is 3.63. The van der Waals surface area contributed by atoms with Gasteiger partial charge in [0.15, 0.2) is 11.5 Å². The molecule has 160 valence electrons. The van der Waals surface area contributed by atoms with Gasteiger partial charge in [-0.1, -0.05) is 24.3 Å². The SMILES string of the molecule is Cl.c1csc(-c2cnc(-n3cnc4ccccc43)nc2NCc2ccc3c(c2)OCO3)c1. The number of fused-ring (bicyclic) bond motifs is 2. The number of hydrogen-bond acceptors (Lipinski definition) is 7. The number of imidazole rings is 1. The predicted molar refractivity (Wildman–Crippen MR) is 127 cm³/mol. The number of anilines is 1. The largest absolute Gasteiger partial charge is 0.454 e. The summed E-state index contributed by atoms with van der Waals surface area (Å²) in [5.74, 6) is 2.88. The second kappa shape index (κ2) is 8.49. The van der Waals surface area contributed by atoms with E-state index in [1.54, 1.807) is 17.7 Å². The Morgan fingerprint density at radius 2 is 1.91 bits per heavy atom. The van der Waals surface area contributed by atoms with Gasteiger partial charge in [0.25, 0.3) is 0 Å². The molecule has 1 N–H and O–H groups in total. The molecule has 9 heteroatoms. The van der Waals surface area contributed by atoms with Crippen molar-refractivity contribution in [3.63, 3.8) is 0 Å². The molecule has 0 unspecified atom stereocenters. The highest BCUT2D eigenvalue weighted by molar-refractivity contribution is 7.13. The van der Waals surface area contributed by atoms with Crippen molar-refractivity contribution in [1.82, 2.24) is 19.5 Å². The smallest absolute Gasteiger partial charge is 0.237 e. The summed E-state index contributed by atoms with van der Waals surface area (Å²) in [6.07, 6.45) is 3.62. The van der Waals surface area contributed by atoms with Crippen LogP contribution in [0.15, 0.2) is 72.5 Å². The Balaban J connectivity index is 0.00000216. The lowest BCUT2D eigenvalue weighted by molar-refractivity contribution is 0.174. The van der Waals surface area contributed by atoms with Gasteiger partial charge in [-0.2, -0.15) is 4.98 Å². The summed E-state index contributed by atoms with van der Waals surface area (Å²) in [5.41, 5.74) is 3.91. The van der Waals surface area contributed by atoms with Crippen molar-refractivity contribution in [2.75, 3.05) is 12.1 Å². The molecule has 0 atom stereocenters. The van der Waals surface area contributed by atoms with Gasteiger partial charge in [0.05, 0.1) is 16.6 Å². The van der Waals surface area contributed by atoms with Gasteiger partial charge in [-0.3, -0.25) is 4.57 Å². The Morgan fingerprint density at radius 1 is 1.00 bits per heavy atom. The molecular formula is C23H18ClN5O2S. The first-order valence-corrected chi connectivity index (χ1v) is 10.7. The van der Waals surface area contributed by atoms with Gasteiger partial charge in [0.1, 0.15) is 12.1 Å². The second-order valence-corrected chi connectivity index (χ2v) is 8.00. The molecule has 1 aliphatic rings. The maximum absolute atomic E-state index is 5.50. The van der Waals surface area contributed by atoms with Crippen molar-refractivity contribution >= 4 is 40.6 Å². The molecule has 6 rings (SSSR count). The first-order chi connectivity index (χ1) is 15.3. The Morgan fingerprint density at radius 3 is 2.81 bits per heavy atom. The summed E-state index contributed by atoms with van der Waals surface area (Å²) in [4.78, 5) is 15.1. The average Bonchev–Trinajstić information content (AvgIpc) is 3.58. The van der Waals surface area contributed by atoms with Crippen LogP contribution in [0, 0.1) is 0 Å². The minimum atomic E-state index is 0. The van der Waals surface area contributed by atoms with E-state index < -0.39 is 0 Å². The normalized spacial score (nSPS) is 12.0. The highest BCUT2D eigenvalue weighted by atomic mass is 35.5. The van der Waals surface area contributed by atoms with E-state index in [0.29, 0.717) is 12.5 Å². The summed E-state index contributed by atoms with van der Waals surface area (Å²) in [7, 11) is 0. The molecular weight excluding hydrogens is 446 g/mol. The Bertz CT molecular complexity index is 1390. The lowest BCUT2D eigenvalue weighted by Gasteiger charge is -2.12. The number of nitrogens with one attached hydrogen (secondary N) is 1. The number of benzene rings is 2. The summed E-state index contributed by atoms with van der Waals surface area (Å²) in [6.45, 7) is 0.860. The third-order valence-corrected chi connectivity index (χ3v) is 6.03. The van der Waals surface area contributed by atoms with Crippen molar-refractivity contribution in [2.24, 2.45) is 0 Å². The molecule has 0 amide bonds. The van der Waals surface area contributed by atoms with Gasteiger partial charge < -0.3 is 14.8 Å². The van der Waals surface area contributed by atoms with Crippen LogP contribution in [0.5, 0.6) is 11.5 Å². The van der Waals surface area contributed by atoms with Gasteiger partial charge in [0, 0.05) is 17.6 Å². The molecule has 1 aliphatic heterocycles. The fourth-order valence-corrected chi connectivity index (χ4v) is 4.33. The fourth-order valence-electron chi connectivity index (χ4n) is 3.59. The molecule has 3 aromatic heterocycles. The van der Waals surface area contributed by atoms with E-state index in [1.807, 2.05) is 64.7 Å². The first kappa shape index (κ1) is 20.3. The summed E-state index contributed by atoms with van der Waals surface area (Å²) in [6, 6.07) is 18.0. The van der Waals surface area contributed by atoms with Gasteiger partial charge in [-0.15, -0.1) is 23.7 Å². The average molecular weight is 464 g/mol. The number of nitrogens with zero attached hydrogens (tertiary/aromatic N) is 4. The predicted octanol–water partition coefficient (Wildman–Crippen LogP) is 5.31. The number of ether oxygens (including phenoxy) is 2. The Hall–Kier alpha value is -3.62. The van der Waals surface area contributed by atoms with Crippen molar-refractivity contribution in [1.29, 1.82) is 0 Å². The van der Waals surface area contributed by atoms with Crippen LogP contribution in [0.2, 0.25) is 0 Å². The van der Waals surface area contributed by atoms with Crippen LogP contribution in [-0.4, -0.2) is 26.3 Å².